The van der Waals surface area contributed by atoms with Gasteiger partial charge < -0.3 is 10.6 Å². The Morgan fingerprint density at radius 3 is 2.93 bits per heavy atom. The van der Waals surface area contributed by atoms with Crippen LogP contribution in [0.3, 0.4) is 0 Å². The van der Waals surface area contributed by atoms with Gasteiger partial charge in [0.1, 0.15) is 5.69 Å². The van der Waals surface area contributed by atoms with E-state index >= 15 is 0 Å². The molecule has 0 bridgehead atoms. The Morgan fingerprint density at radius 1 is 1.25 bits per heavy atom. The summed E-state index contributed by atoms with van der Waals surface area (Å²) in [6.07, 6.45) is 6.47. The molecule has 0 fully saturated rings. The molecule has 2 unspecified atom stereocenters. The summed E-state index contributed by atoms with van der Waals surface area (Å²) in [5.74, 6) is 0.444. The van der Waals surface area contributed by atoms with Gasteiger partial charge in [-0.05, 0) is 39.4 Å². The SMILES string of the molecule is CC1CCNc2c1ccc1c2NC=C(C(=O)c2cc3ncc(Br)cn3n2)C1C. The minimum Gasteiger partial charge on any atom is -0.383 e. The van der Waals surface area contributed by atoms with Crippen LogP contribution in [0.1, 0.15) is 53.7 Å². The summed E-state index contributed by atoms with van der Waals surface area (Å²) in [5, 5.41) is 11.3. The third-order valence-corrected chi connectivity index (χ3v) is 6.17. The zero-order valence-electron chi connectivity index (χ0n) is 15.7. The van der Waals surface area contributed by atoms with Gasteiger partial charge in [0, 0.05) is 42.7 Å². The molecule has 2 aliphatic rings. The minimum atomic E-state index is -0.0775. The molecule has 2 atom stereocenters. The Balaban J connectivity index is 1.52. The van der Waals surface area contributed by atoms with E-state index in [0.29, 0.717) is 22.8 Å². The number of Topliss-reactive ketones (excluding diaryl/α,β-unsaturated/α-hetero) is 1. The number of benzene rings is 1. The molecule has 0 saturated heterocycles. The van der Waals surface area contributed by atoms with E-state index in [2.05, 4.69) is 62.6 Å². The maximum absolute atomic E-state index is 13.2. The first-order chi connectivity index (χ1) is 13.5. The van der Waals surface area contributed by atoms with Crippen molar-refractivity contribution in [3.05, 3.63) is 63.7 Å². The van der Waals surface area contributed by atoms with Gasteiger partial charge in [0.2, 0.25) is 5.78 Å². The van der Waals surface area contributed by atoms with E-state index in [0.717, 1.165) is 28.7 Å². The lowest BCUT2D eigenvalue weighted by Gasteiger charge is -2.31. The van der Waals surface area contributed by atoms with Gasteiger partial charge in [0.15, 0.2) is 5.65 Å². The Kier molecular flexibility index (Phi) is 4.01. The molecule has 4 heterocycles. The number of ketones is 1. The number of anilines is 2. The Bertz CT molecular complexity index is 1150. The van der Waals surface area contributed by atoms with Crippen LogP contribution < -0.4 is 10.6 Å². The van der Waals surface area contributed by atoms with Crippen molar-refractivity contribution in [3.63, 3.8) is 0 Å². The van der Waals surface area contributed by atoms with Gasteiger partial charge in [-0.15, -0.1) is 0 Å². The largest absolute Gasteiger partial charge is 0.383 e. The van der Waals surface area contributed by atoms with Crippen molar-refractivity contribution in [2.45, 2.75) is 32.1 Å². The van der Waals surface area contributed by atoms with Crippen molar-refractivity contribution in [1.82, 2.24) is 14.6 Å². The second-order valence-electron chi connectivity index (χ2n) is 7.51. The number of halogens is 1. The summed E-state index contributed by atoms with van der Waals surface area (Å²) >= 11 is 3.38. The number of allylic oxidation sites excluding steroid dienone is 1. The number of carbonyl (C=O) groups is 1. The smallest absolute Gasteiger partial charge is 0.211 e. The van der Waals surface area contributed by atoms with E-state index in [4.69, 9.17) is 0 Å². The molecule has 28 heavy (non-hydrogen) atoms. The van der Waals surface area contributed by atoms with Gasteiger partial charge in [0.25, 0.3) is 0 Å². The second-order valence-corrected chi connectivity index (χ2v) is 8.43. The average Bonchev–Trinajstić information content (AvgIpc) is 3.11. The molecule has 2 aliphatic heterocycles. The molecule has 2 N–H and O–H groups in total. The number of rotatable bonds is 2. The van der Waals surface area contributed by atoms with Gasteiger partial charge in [-0.2, -0.15) is 5.10 Å². The molecule has 2 aromatic heterocycles. The van der Waals surface area contributed by atoms with Crippen LogP contribution in [0.4, 0.5) is 11.4 Å². The average molecular weight is 438 g/mol. The summed E-state index contributed by atoms with van der Waals surface area (Å²) in [6.45, 7) is 5.31. The number of hydrogen-bond acceptors (Lipinski definition) is 5. The highest BCUT2D eigenvalue weighted by Crippen LogP contribution is 2.45. The van der Waals surface area contributed by atoms with E-state index in [9.17, 15) is 4.79 Å². The zero-order chi connectivity index (χ0) is 19.4. The normalized spacial score (nSPS) is 20.6. The molecule has 5 rings (SSSR count). The van der Waals surface area contributed by atoms with Crippen LogP contribution in [0.15, 0.2) is 46.8 Å². The fourth-order valence-electron chi connectivity index (χ4n) is 4.14. The van der Waals surface area contributed by atoms with E-state index in [1.807, 2.05) is 6.20 Å². The summed E-state index contributed by atoms with van der Waals surface area (Å²) in [4.78, 5) is 17.5. The standard InChI is InChI=1S/C21H20BrN5O/c1-11-5-6-23-19-14(11)3-4-15-12(2)16(9-25-20(15)19)21(28)17-7-18-24-8-13(22)10-27(18)26-17/h3-4,7-12,23,25H,5-6H2,1-2H3. The van der Waals surface area contributed by atoms with Crippen LogP contribution in [-0.2, 0) is 0 Å². The van der Waals surface area contributed by atoms with E-state index in [1.165, 1.54) is 11.3 Å². The Hall–Kier alpha value is -2.67. The fourth-order valence-corrected chi connectivity index (χ4v) is 4.44. The van der Waals surface area contributed by atoms with Gasteiger partial charge in [-0.3, -0.25) is 4.79 Å². The molecule has 0 aliphatic carbocycles. The van der Waals surface area contributed by atoms with Gasteiger partial charge in [-0.1, -0.05) is 26.0 Å². The maximum atomic E-state index is 13.2. The molecular weight excluding hydrogens is 418 g/mol. The first kappa shape index (κ1) is 17.4. The third kappa shape index (κ3) is 2.64. The van der Waals surface area contributed by atoms with Gasteiger partial charge in [-0.25, -0.2) is 9.50 Å². The summed E-state index contributed by atoms with van der Waals surface area (Å²) in [7, 11) is 0. The van der Waals surface area contributed by atoms with Crippen molar-refractivity contribution in [3.8, 4) is 0 Å². The molecule has 0 radical (unpaired) electrons. The maximum Gasteiger partial charge on any atom is 0.211 e. The van der Waals surface area contributed by atoms with Crippen molar-refractivity contribution in [2.24, 2.45) is 0 Å². The summed E-state index contributed by atoms with van der Waals surface area (Å²) in [5.41, 5.74) is 6.50. The molecule has 142 valence electrons. The topological polar surface area (TPSA) is 71.3 Å². The lowest BCUT2D eigenvalue weighted by Crippen LogP contribution is -2.22. The number of nitrogens with one attached hydrogen (secondary N) is 2. The predicted molar refractivity (Wildman–Crippen MR) is 113 cm³/mol. The van der Waals surface area contributed by atoms with Crippen LogP contribution in [-0.4, -0.2) is 26.9 Å². The number of fused-ring (bicyclic) bond motifs is 4. The molecule has 6 nitrogen and oxygen atoms in total. The minimum absolute atomic E-state index is 0.0161. The van der Waals surface area contributed by atoms with Crippen molar-refractivity contribution in [2.75, 3.05) is 17.2 Å². The number of nitrogens with zero attached hydrogens (tertiary/aromatic N) is 3. The van der Waals surface area contributed by atoms with Crippen LogP contribution in [0.2, 0.25) is 0 Å². The van der Waals surface area contributed by atoms with Crippen LogP contribution >= 0.6 is 15.9 Å². The van der Waals surface area contributed by atoms with Crippen LogP contribution in [0, 0.1) is 0 Å². The van der Waals surface area contributed by atoms with E-state index in [-0.39, 0.29) is 11.7 Å². The highest BCUT2D eigenvalue weighted by molar-refractivity contribution is 9.10. The van der Waals surface area contributed by atoms with Crippen LogP contribution in [0.25, 0.3) is 5.65 Å². The van der Waals surface area contributed by atoms with Crippen molar-refractivity contribution in [1.29, 1.82) is 0 Å². The lowest BCUT2D eigenvalue weighted by atomic mass is 9.82. The summed E-state index contributed by atoms with van der Waals surface area (Å²) in [6, 6.07) is 6.08. The van der Waals surface area contributed by atoms with E-state index in [1.54, 1.807) is 23.0 Å². The second kappa shape index (κ2) is 6.44. The Morgan fingerprint density at radius 2 is 2.07 bits per heavy atom. The zero-order valence-corrected chi connectivity index (χ0v) is 17.2. The quantitative estimate of drug-likeness (QED) is 0.568. The van der Waals surface area contributed by atoms with Crippen molar-refractivity contribution < 1.29 is 4.79 Å². The molecule has 3 aromatic rings. The number of aromatic nitrogens is 3. The first-order valence-electron chi connectivity index (χ1n) is 9.46. The fraction of sp³-hybridized carbons (Fsp3) is 0.286. The van der Waals surface area contributed by atoms with Gasteiger partial charge >= 0.3 is 0 Å². The molecular formula is C21H20BrN5O. The summed E-state index contributed by atoms with van der Waals surface area (Å²) < 4.78 is 2.43. The molecule has 0 saturated carbocycles. The third-order valence-electron chi connectivity index (χ3n) is 5.76. The first-order valence-corrected chi connectivity index (χ1v) is 10.2. The highest BCUT2D eigenvalue weighted by atomic mass is 79.9. The van der Waals surface area contributed by atoms with Crippen molar-refractivity contribution >= 4 is 38.7 Å². The monoisotopic (exact) mass is 437 g/mol. The number of hydrogen-bond donors (Lipinski definition) is 2. The molecule has 0 spiro atoms. The van der Waals surface area contributed by atoms with E-state index < -0.39 is 0 Å². The highest BCUT2D eigenvalue weighted by Gasteiger charge is 2.30. The van der Waals surface area contributed by atoms with Crippen LogP contribution in [0.5, 0.6) is 0 Å². The lowest BCUT2D eigenvalue weighted by molar-refractivity contribution is 0.102. The Labute approximate surface area is 171 Å². The predicted octanol–water partition coefficient (Wildman–Crippen LogP) is 4.71. The molecule has 7 heteroatoms. The molecule has 0 amide bonds. The number of carbonyl (C=O) groups excluding carboxylic acids is 1. The van der Waals surface area contributed by atoms with Gasteiger partial charge in [0.05, 0.1) is 15.8 Å². The molecule has 1 aromatic carbocycles.